The van der Waals surface area contributed by atoms with Gasteiger partial charge in [-0.1, -0.05) is 38.1 Å². The Balaban J connectivity index is 0.000000254. The number of carbonyl (C=O) groups is 2. The highest BCUT2D eigenvalue weighted by Crippen LogP contribution is 2.15. The summed E-state index contributed by atoms with van der Waals surface area (Å²) in [7, 11) is 0. The second-order valence-electron chi connectivity index (χ2n) is 5.52. The van der Waals surface area contributed by atoms with Gasteiger partial charge in [-0.15, -0.1) is 0 Å². The van der Waals surface area contributed by atoms with Crippen LogP contribution in [0.1, 0.15) is 34.6 Å². The minimum atomic E-state index is -0.988. The first-order chi connectivity index (χ1) is 11.3. The molecule has 0 aliphatic carbocycles. The molecule has 0 radical (unpaired) electrons. The van der Waals surface area contributed by atoms with E-state index in [2.05, 4.69) is 19.2 Å². The van der Waals surface area contributed by atoms with E-state index in [1.165, 1.54) is 6.07 Å². The second kappa shape index (κ2) is 9.19. The lowest BCUT2D eigenvalue weighted by Crippen LogP contribution is -2.11. The topological polar surface area (TPSA) is 113 Å². The molecule has 0 saturated carbocycles. The van der Waals surface area contributed by atoms with E-state index < -0.39 is 11.9 Å². The van der Waals surface area contributed by atoms with E-state index in [1.807, 2.05) is 6.07 Å². The number of nitrogens with two attached hydrogens (primary N) is 1. The quantitative estimate of drug-likeness (QED) is 0.625. The highest BCUT2D eigenvalue weighted by molar-refractivity contribution is 5.94. The van der Waals surface area contributed by atoms with Crippen molar-refractivity contribution in [1.29, 1.82) is 0 Å². The van der Waals surface area contributed by atoms with Gasteiger partial charge in [0.25, 0.3) is 0 Å². The summed E-state index contributed by atoms with van der Waals surface area (Å²) in [6, 6.07) is 13.3. The Labute approximate surface area is 140 Å². The molecule has 0 aromatic heterocycles. The Morgan fingerprint density at radius 2 is 1.46 bits per heavy atom. The summed E-state index contributed by atoms with van der Waals surface area (Å²) in [5, 5.41) is 20.5. The van der Waals surface area contributed by atoms with Crippen molar-refractivity contribution < 1.29 is 19.8 Å². The van der Waals surface area contributed by atoms with E-state index in [0.717, 1.165) is 6.54 Å². The average molecular weight is 330 g/mol. The van der Waals surface area contributed by atoms with Crippen molar-refractivity contribution in [3.05, 3.63) is 59.7 Å². The minimum absolute atomic E-state index is 0.155. The van der Waals surface area contributed by atoms with Crippen LogP contribution in [-0.4, -0.2) is 28.7 Å². The molecule has 0 fully saturated rings. The van der Waals surface area contributed by atoms with Gasteiger partial charge in [0.2, 0.25) is 0 Å². The molecule has 2 rings (SSSR count). The lowest BCUT2D eigenvalue weighted by atomic mass is 10.1. The Morgan fingerprint density at radius 3 is 1.92 bits per heavy atom. The average Bonchev–Trinajstić information content (AvgIpc) is 2.54. The second-order valence-corrected chi connectivity index (χ2v) is 5.52. The molecule has 0 amide bonds. The number of rotatable bonds is 5. The molecule has 2 aromatic carbocycles. The van der Waals surface area contributed by atoms with Gasteiger partial charge < -0.3 is 21.3 Å². The van der Waals surface area contributed by atoms with Crippen LogP contribution in [0, 0.1) is 5.92 Å². The number of nitrogen functional groups attached to an aromatic ring is 1. The van der Waals surface area contributed by atoms with Gasteiger partial charge in [0, 0.05) is 17.9 Å². The van der Waals surface area contributed by atoms with Crippen LogP contribution in [0.2, 0.25) is 0 Å². The number of carboxylic acid groups (broad SMARTS) is 2. The Hall–Kier alpha value is -3.02. The molecule has 0 saturated heterocycles. The van der Waals surface area contributed by atoms with Gasteiger partial charge in [-0.2, -0.15) is 0 Å². The normalized spacial score (nSPS) is 9.79. The van der Waals surface area contributed by atoms with Crippen LogP contribution in [0.3, 0.4) is 0 Å². The first-order valence-corrected chi connectivity index (χ1v) is 7.47. The fourth-order valence-electron chi connectivity index (χ4n) is 1.83. The largest absolute Gasteiger partial charge is 0.478 e. The van der Waals surface area contributed by atoms with Crippen molar-refractivity contribution >= 4 is 23.3 Å². The summed E-state index contributed by atoms with van der Waals surface area (Å²) in [5.74, 6) is -1.38. The van der Waals surface area contributed by atoms with Gasteiger partial charge in [0.15, 0.2) is 0 Å². The number of para-hydroxylation sites is 2. The van der Waals surface area contributed by atoms with Crippen molar-refractivity contribution in [3.63, 3.8) is 0 Å². The third-order valence-corrected chi connectivity index (χ3v) is 3.05. The Kier molecular flexibility index (Phi) is 7.29. The summed E-state index contributed by atoms with van der Waals surface area (Å²) in [4.78, 5) is 21.2. The highest BCUT2D eigenvalue weighted by atomic mass is 16.4. The number of carboxylic acids is 2. The highest BCUT2D eigenvalue weighted by Gasteiger charge is 2.08. The van der Waals surface area contributed by atoms with Gasteiger partial charge in [0.05, 0.1) is 11.1 Å². The summed E-state index contributed by atoms with van der Waals surface area (Å²) in [5.41, 5.74) is 6.81. The van der Waals surface area contributed by atoms with Crippen LogP contribution in [0.5, 0.6) is 0 Å². The van der Waals surface area contributed by atoms with Crippen LogP contribution in [0.25, 0.3) is 0 Å². The molecule has 0 heterocycles. The maximum Gasteiger partial charge on any atom is 0.337 e. The summed E-state index contributed by atoms with van der Waals surface area (Å²) >= 11 is 0. The number of anilines is 2. The lowest BCUT2D eigenvalue weighted by molar-refractivity contribution is 0.0687. The fourth-order valence-corrected chi connectivity index (χ4v) is 1.83. The zero-order valence-corrected chi connectivity index (χ0v) is 13.7. The molecule has 2 aromatic rings. The van der Waals surface area contributed by atoms with Gasteiger partial charge in [-0.3, -0.25) is 0 Å². The first-order valence-electron chi connectivity index (χ1n) is 7.47. The van der Waals surface area contributed by atoms with E-state index in [4.69, 9.17) is 15.9 Å². The maximum absolute atomic E-state index is 10.8. The predicted molar refractivity (Wildman–Crippen MR) is 94.5 cm³/mol. The lowest BCUT2D eigenvalue weighted by Gasteiger charge is -2.10. The molecule has 0 unspecified atom stereocenters. The van der Waals surface area contributed by atoms with Crippen LogP contribution >= 0.6 is 0 Å². The number of benzene rings is 2. The number of hydrogen-bond acceptors (Lipinski definition) is 4. The molecule has 0 aliphatic heterocycles. The zero-order valence-electron chi connectivity index (χ0n) is 13.7. The van der Waals surface area contributed by atoms with Crippen LogP contribution < -0.4 is 11.1 Å². The van der Waals surface area contributed by atoms with E-state index >= 15 is 0 Å². The Morgan fingerprint density at radius 1 is 0.958 bits per heavy atom. The molecule has 0 atom stereocenters. The Bertz CT molecular complexity index is 699. The van der Waals surface area contributed by atoms with E-state index in [9.17, 15) is 9.59 Å². The number of hydrogen-bond donors (Lipinski definition) is 4. The molecule has 0 bridgehead atoms. The SMILES string of the molecule is CC(C)CNc1ccccc1C(=O)O.Nc1ccccc1C(=O)O. The minimum Gasteiger partial charge on any atom is -0.478 e. The molecule has 5 N–H and O–H groups in total. The molecular weight excluding hydrogens is 308 g/mol. The summed E-state index contributed by atoms with van der Waals surface area (Å²) < 4.78 is 0. The van der Waals surface area contributed by atoms with E-state index in [-0.39, 0.29) is 5.56 Å². The molecular formula is C18H22N2O4. The molecule has 24 heavy (non-hydrogen) atoms. The molecule has 6 nitrogen and oxygen atoms in total. The van der Waals surface area contributed by atoms with E-state index in [0.29, 0.717) is 22.9 Å². The van der Waals surface area contributed by atoms with Crippen LogP contribution in [0.15, 0.2) is 48.5 Å². The molecule has 128 valence electrons. The zero-order chi connectivity index (χ0) is 18.1. The molecule has 0 aliphatic rings. The molecule has 0 spiro atoms. The van der Waals surface area contributed by atoms with Gasteiger partial charge in [-0.05, 0) is 30.2 Å². The van der Waals surface area contributed by atoms with Gasteiger partial charge >= 0.3 is 11.9 Å². The monoisotopic (exact) mass is 330 g/mol. The fraction of sp³-hybridized carbons (Fsp3) is 0.222. The van der Waals surface area contributed by atoms with Crippen molar-refractivity contribution in [3.8, 4) is 0 Å². The number of aromatic carboxylic acids is 2. The van der Waals surface area contributed by atoms with E-state index in [1.54, 1.807) is 36.4 Å². The molecule has 6 heteroatoms. The van der Waals surface area contributed by atoms with Crippen molar-refractivity contribution in [2.45, 2.75) is 13.8 Å². The van der Waals surface area contributed by atoms with Crippen LogP contribution in [-0.2, 0) is 0 Å². The van der Waals surface area contributed by atoms with Gasteiger partial charge in [-0.25, -0.2) is 9.59 Å². The first kappa shape index (κ1) is 19.0. The van der Waals surface area contributed by atoms with Crippen molar-refractivity contribution in [2.24, 2.45) is 5.92 Å². The van der Waals surface area contributed by atoms with Crippen molar-refractivity contribution in [2.75, 3.05) is 17.6 Å². The third kappa shape index (κ3) is 6.00. The summed E-state index contributed by atoms with van der Waals surface area (Å²) in [6.07, 6.45) is 0. The maximum atomic E-state index is 10.8. The van der Waals surface area contributed by atoms with Crippen LogP contribution in [0.4, 0.5) is 11.4 Å². The predicted octanol–water partition coefficient (Wildman–Crippen LogP) is 3.42. The van der Waals surface area contributed by atoms with Gasteiger partial charge in [0.1, 0.15) is 0 Å². The standard InChI is InChI=1S/C11H15NO2.C7H7NO2/c1-8(2)7-12-10-6-4-3-5-9(10)11(13)14;8-6-4-2-1-3-5(6)7(9)10/h3-6,8,12H,7H2,1-2H3,(H,13,14);1-4H,8H2,(H,9,10). The van der Waals surface area contributed by atoms with Crippen molar-refractivity contribution in [1.82, 2.24) is 0 Å². The number of nitrogens with one attached hydrogen (secondary N) is 1. The summed E-state index contributed by atoms with van der Waals surface area (Å²) in [6.45, 7) is 4.94. The smallest absolute Gasteiger partial charge is 0.337 e. The third-order valence-electron chi connectivity index (χ3n) is 3.05.